The fourth-order valence-corrected chi connectivity index (χ4v) is 3.00. The summed E-state index contributed by atoms with van der Waals surface area (Å²) in [6.07, 6.45) is 0.284. The zero-order chi connectivity index (χ0) is 21.6. The number of nitriles is 2. The third-order valence-electron chi connectivity index (χ3n) is 4.48. The maximum Gasteiger partial charge on any atom is 0.252 e. The summed E-state index contributed by atoms with van der Waals surface area (Å²) in [4.78, 5) is 12.5. The molecule has 1 atom stereocenters. The Morgan fingerprint density at radius 2 is 1.83 bits per heavy atom. The Balaban J connectivity index is 1.77. The van der Waals surface area contributed by atoms with E-state index in [1.54, 1.807) is 67.6 Å². The molecule has 6 nitrogen and oxygen atoms in total. The number of hydrogen-bond donors (Lipinski definition) is 2. The molecule has 0 spiro atoms. The van der Waals surface area contributed by atoms with Crippen molar-refractivity contribution in [1.82, 2.24) is 5.32 Å². The molecule has 0 fully saturated rings. The van der Waals surface area contributed by atoms with Crippen molar-refractivity contribution in [3.63, 3.8) is 0 Å². The maximum atomic E-state index is 12.5. The molecule has 6 heteroatoms. The van der Waals surface area contributed by atoms with Gasteiger partial charge < -0.3 is 15.8 Å². The molecule has 3 N–H and O–H groups in total. The topological polar surface area (TPSA) is 112 Å². The zero-order valence-corrected chi connectivity index (χ0v) is 16.4. The SMILES string of the molecule is CC(C#N)(Cc1cccc(Oc2ccc(N)cc2C#N)c1)NC(=O)c1ccccc1. The third-order valence-corrected chi connectivity index (χ3v) is 4.48. The lowest BCUT2D eigenvalue weighted by Crippen LogP contribution is -2.46. The number of ether oxygens (including phenoxy) is 1. The van der Waals surface area contributed by atoms with Crippen LogP contribution in [0.3, 0.4) is 0 Å². The highest BCUT2D eigenvalue weighted by Gasteiger charge is 2.27. The third kappa shape index (κ3) is 4.95. The number of amides is 1. The Morgan fingerprint density at radius 1 is 1.07 bits per heavy atom. The highest BCUT2D eigenvalue weighted by Crippen LogP contribution is 2.28. The Morgan fingerprint density at radius 3 is 2.53 bits per heavy atom. The summed E-state index contributed by atoms with van der Waals surface area (Å²) in [5, 5.41) is 21.8. The number of hydrogen-bond acceptors (Lipinski definition) is 5. The normalized spacial score (nSPS) is 12.1. The van der Waals surface area contributed by atoms with Crippen LogP contribution in [0.5, 0.6) is 11.5 Å². The van der Waals surface area contributed by atoms with Crippen molar-refractivity contribution in [2.45, 2.75) is 18.9 Å². The number of nitrogens with two attached hydrogens (primary N) is 1. The van der Waals surface area contributed by atoms with Crippen LogP contribution in [-0.4, -0.2) is 11.4 Å². The number of nitrogens with one attached hydrogen (secondary N) is 1. The predicted molar refractivity (Wildman–Crippen MR) is 114 cm³/mol. The molecule has 0 saturated heterocycles. The molecule has 0 aliphatic carbocycles. The van der Waals surface area contributed by atoms with E-state index in [1.165, 1.54) is 0 Å². The zero-order valence-electron chi connectivity index (χ0n) is 16.4. The molecule has 1 amide bonds. The molecule has 0 saturated carbocycles. The summed E-state index contributed by atoms with van der Waals surface area (Å²) in [6, 6.07) is 25.0. The summed E-state index contributed by atoms with van der Waals surface area (Å²) < 4.78 is 5.85. The van der Waals surface area contributed by atoms with E-state index in [-0.39, 0.29) is 12.3 Å². The molecule has 0 aromatic heterocycles. The number of carbonyl (C=O) groups is 1. The summed E-state index contributed by atoms with van der Waals surface area (Å²) in [5.74, 6) is 0.598. The number of nitrogens with zero attached hydrogens (tertiary/aromatic N) is 2. The van der Waals surface area contributed by atoms with Crippen LogP contribution in [0.25, 0.3) is 0 Å². The Bertz CT molecular complexity index is 1150. The van der Waals surface area contributed by atoms with E-state index in [4.69, 9.17) is 10.5 Å². The first kappa shape index (κ1) is 20.4. The van der Waals surface area contributed by atoms with Gasteiger partial charge in [-0.05, 0) is 55.0 Å². The molecule has 30 heavy (non-hydrogen) atoms. The van der Waals surface area contributed by atoms with Gasteiger partial charge in [0.2, 0.25) is 0 Å². The molecule has 3 aromatic rings. The number of rotatable bonds is 6. The minimum atomic E-state index is -1.11. The molecule has 3 rings (SSSR count). The van der Waals surface area contributed by atoms with Crippen LogP contribution >= 0.6 is 0 Å². The molecular weight excluding hydrogens is 376 g/mol. The van der Waals surface area contributed by atoms with Crippen molar-refractivity contribution < 1.29 is 9.53 Å². The molecule has 1 unspecified atom stereocenters. The predicted octanol–water partition coefficient (Wildman–Crippen LogP) is 4.19. The largest absolute Gasteiger partial charge is 0.456 e. The number of benzene rings is 3. The Hall–Kier alpha value is -4.29. The highest BCUT2D eigenvalue weighted by molar-refractivity contribution is 5.94. The van der Waals surface area contributed by atoms with E-state index in [0.29, 0.717) is 28.3 Å². The van der Waals surface area contributed by atoms with Gasteiger partial charge in [-0.3, -0.25) is 4.79 Å². The lowest BCUT2D eigenvalue weighted by atomic mass is 9.93. The van der Waals surface area contributed by atoms with Crippen molar-refractivity contribution in [1.29, 1.82) is 10.5 Å². The van der Waals surface area contributed by atoms with Gasteiger partial charge >= 0.3 is 0 Å². The van der Waals surface area contributed by atoms with Gasteiger partial charge in [0.1, 0.15) is 23.1 Å². The Labute approximate surface area is 175 Å². The molecule has 0 aliphatic rings. The number of nitrogen functional groups attached to an aromatic ring is 1. The van der Waals surface area contributed by atoms with Crippen molar-refractivity contribution >= 4 is 11.6 Å². The van der Waals surface area contributed by atoms with Gasteiger partial charge in [-0.1, -0.05) is 30.3 Å². The van der Waals surface area contributed by atoms with E-state index >= 15 is 0 Å². The van der Waals surface area contributed by atoms with Gasteiger partial charge in [-0.15, -0.1) is 0 Å². The molecule has 148 valence electrons. The van der Waals surface area contributed by atoms with E-state index in [9.17, 15) is 15.3 Å². The van der Waals surface area contributed by atoms with Crippen molar-refractivity contribution in [2.24, 2.45) is 0 Å². The van der Waals surface area contributed by atoms with Gasteiger partial charge in [0.05, 0.1) is 11.6 Å². The minimum absolute atomic E-state index is 0.284. The van der Waals surface area contributed by atoms with Crippen LogP contribution in [-0.2, 0) is 6.42 Å². The van der Waals surface area contributed by atoms with Crippen LogP contribution in [0.1, 0.15) is 28.4 Å². The van der Waals surface area contributed by atoms with E-state index in [0.717, 1.165) is 5.56 Å². The first-order valence-electron chi connectivity index (χ1n) is 9.28. The van der Waals surface area contributed by atoms with Crippen molar-refractivity contribution in [3.05, 3.63) is 89.5 Å². The average Bonchev–Trinajstić information content (AvgIpc) is 2.75. The van der Waals surface area contributed by atoms with E-state index in [2.05, 4.69) is 17.5 Å². The van der Waals surface area contributed by atoms with Crippen LogP contribution in [0.2, 0.25) is 0 Å². The van der Waals surface area contributed by atoms with Gasteiger partial charge in [0.25, 0.3) is 5.91 Å². The lowest BCUT2D eigenvalue weighted by Gasteiger charge is -2.23. The van der Waals surface area contributed by atoms with Gasteiger partial charge in [-0.2, -0.15) is 10.5 Å². The maximum absolute atomic E-state index is 12.5. The van der Waals surface area contributed by atoms with Crippen molar-refractivity contribution in [3.8, 4) is 23.6 Å². The van der Waals surface area contributed by atoms with Crippen LogP contribution in [0, 0.1) is 22.7 Å². The second-order valence-electron chi connectivity index (χ2n) is 7.06. The fraction of sp³-hybridized carbons (Fsp3) is 0.125. The molecule has 0 aliphatic heterocycles. The monoisotopic (exact) mass is 396 g/mol. The van der Waals surface area contributed by atoms with Gasteiger partial charge in [-0.25, -0.2) is 0 Å². The smallest absolute Gasteiger partial charge is 0.252 e. The van der Waals surface area contributed by atoms with Crippen LogP contribution in [0.4, 0.5) is 5.69 Å². The first-order chi connectivity index (χ1) is 14.4. The highest BCUT2D eigenvalue weighted by atomic mass is 16.5. The molecular formula is C24H20N4O2. The minimum Gasteiger partial charge on any atom is -0.456 e. The molecule has 0 bridgehead atoms. The number of anilines is 1. The van der Waals surface area contributed by atoms with Gasteiger partial charge in [0.15, 0.2) is 0 Å². The first-order valence-corrected chi connectivity index (χ1v) is 9.28. The van der Waals surface area contributed by atoms with E-state index < -0.39 is 5.54 Å². The molecule has 3 aromatic carbocycles. The Kier molecular flexibility index (Phi) is 6.00. The quantitative estimate of drug-likeness (QED) is 0.607. The van der Waals surface area contributed by atoms with Crippen molar-refractivity contribution in [2.75, 3.05) is 5.73 Å². The molecule has 0 radical (unpaired) electrons. The average molecular weight is 396 g/mol. The summed E-state index contributed by atoms with van der Waals surface area (Å²) in [5.41, 5.74) is 6.71. The summed E-state index contributed by atoms with van der Waals surface area (Å²) >= 11 is 0. The second kappa shape index (κ2) is 8.81. The van der Waals surface area contributed by atoms with E-state index in [1.807, 2.05) is 12.1 Å². The van der Waals surface area contributed by atoms with Gasteiger partial charge in [0, 0.05) is 17.7 Å². The fourth-order valence-electron chi connectivity index (χ4n) is 3.00. The second-order valence-corrected chi connectivity index (χ2v) is 7.06. The summed E-state index contributed by atoms with van der Waals surface area (Å²) in [6.45, 7) is 1.68. The lowest BCUT2D eigenvalue weighted by molar-refractivity contribution is 0.0924. The molecule has 0 heterocycles. The standard InChI is InChI=1S/C24H20N4O2/c1-24(16-26,28-23(29)18-7-3-2-4-8-18)14-17-6-5-9-21(12-17)30-22-11-10-20(27)13-19(22)15-25/h2-13H,14,27H2,1H3,(H,28,29). The number of carbonyl (C=O) groups excluding carboxylic acids is 1. The van der Waals surface area contributed by atoms with Crippen LogP contribution in [0.15, 0.2) is 72.8 Å². The summed E-state index contributed by atoms with van der Waals surface area (Å²) in [7, 11) is 0. The van der Waals surface area contributed by atoms with Crippen LogP contribution < -0.4 is 15.8 Å².